The van der Waals surface area contributed by atoms with E-state index >= 15 is 0 Å². The monoisotopic (exact) mass is 375 g/mol. The Kier molecular flexibility index (Phi) is 4.57. The van der Waals surface area contributed by atoms with Crippen molar-refractivity contribution in [2.75, 3.05) is 14.2 Å². The number of fused-ring (bicyclic) bond motifs is 1. The molecule has 0 fully saturated rings. The fourth-order valence-electron chi connectivity index (χ4n) is 3.40. The van der Waals surface area contributed by atoms with E-state index in [4.69, 9.17) is 9.47 Å². The van der Waals surface area contributed by atoms with Gasteiger partial charge in [0.2, 0.25) is 0 Å². The average molecular weight is 375 g/mol. The number of methoxy groups -OCH3 is 2. The predicted molar refractivity (Wildman–Crippen MR) is 108 cm³/mol. The second-order valence-electron chi connectivity index (χ2n) is 6.27. The van der Waals surface area contributed by atoms with Crippen molar-refractivity contribution in [3.63, 3.8) is 0 Å². The quantitative estimate of drug-likeness (QED) is 0.514. The van der Waals surface area contributed by atoms with Crippen LogP contribution in [0.15, 0.2) is 77.6 Å². The van der Waals surface area contributed by atoms with Crippen LogP contribution < -0.4 is 15.0 Å². The molecule has 5 heteroatoms. The van der Waals surface area contributed by atoms with Crippen molar-refractivity contribution in [2.24, 2.45) is 0 Å². The number of nitrogens with zero attached hydrogens (tertiary/aromatic N) is 1. The van der Waals surface area contributed by atoms with Gasteiger partial charge in [-0.1, -0.05) is 30.3 Å². The van der Waals surface area contributed by atoms with E-state index < -0.39 is 0 Å². The van der Waals surface area contributed by atoms with Crippen LogP contribution >= 0.6 is 0 Å². The molecule has 0 saturated heterocycles. The van der Waals surface area contributed by atoms with Crippen molar-refractivity contribution in [3.05, 3.63) is 89.0 Å². The van der Waals surface area contributed by atoms with E-state index in [9.17, 15) is 9.18 Å². The minimum atomic E-state index is -0.365. The van der Waals surface area contributed by atoms with Crippen molar-refractivity contribution < 1.29 is 13.9 Å². The largest absolute Gasteiger partial charge is 0.497 e. The first-order valence-electron chi connectivity index (χ1n) is 8.76. The molecule has 4 aromatic rings. The van der Waals surface area contributed by atoms with Gasteiger partial charge in [0, 0.05) is 16.6 Å². The van der Waals surface area contributed by atoms with Gasteiger partial charge < -0.3 is 9.47 Å². The smallest absolute Gasteiger partial charge is 0.298 e. The van der Waals surface area contributed by atoms with Crippen LogP contribution in [0.2, 0.25) is 0 Å². The van der Waals surface area contributed by atoms with Crippen molar-refractivity contribution in [1.29, 1.82) is 0 Å². The molecule has 0 spiro atoms. The molecule has 0 radical (unpaired) electrons. The highest BCUT2D eigenvalue weighted by Gasteiger charge is 2.20. The highest BCUT2D eigenvalue weighted by molar-refractivity contribution is 5.99. The summed E-state index contributed by atoms with van der Waals surface area (Å²) in [6, 6.07) is 20.9. The number of rotatable bonds is 4. The van der Waals surface area contributed by atoms with Crippen LogP contribution in [0.5, 0.6) is 11.5 Å². The zero-order valence-electron chi connectivity index (χ0n) is 15.5. The summed E-state index contributed by atoms with van der Waals surface area (Å²) in [7, 11) is 3.07. The summed E-state index contributed by atoms with van der Waals surface area (Å²) >= 11 is 0. The van der Waals surface area contributed by atoms with Gasteiger partial charge in [0.15, 0.2) is 5.75 Å². The SMILES string of the molecule is COc1ccc2c(c1)c(-c1ccccc1)c(OC)c(=O)n2-c1ccc(F)cc1. The van der Waals surface area contributed by atoms with Crippen molar-refractivity contribution in [2.45, 2.75) is 0 Å². The number of hydrogen-bond acceptors (Lipinski definition) is 3. The number of pyridine rings is 1. The molecule has 0 N–H and O–H groups in total. The molecule has 3 aromatic carbocycles. The molecule has 28 heavy (non-hydrogen) atoms. The third-order valence-corrected chi connectivity index (χ3v) is 4.69. The molecule has 4 nitrogen and oxygen atoms in total. The van der Waals surface area contributed by atoms with E-state index in [-0.39, 0.29) is 17.1 Å². The maximum absolute atomic E-state index is 13.4. The van der Waals surface area contributed by atoms with Gasteiger partial charge in [-0.3, -0.25) is 9.36 Å². The van der Waals surface area contributed by atoms with E-state index in [0.717, 1.165) is 10.9 Å². The van der Waals surface area contributed by atoms with Gasteiger partial charge in [0.05, 0.1) is 19.7 Å². The minimum Gasteiger partial charge on any atom is -0.497 e. The second-order valence-corrected chi connectivity index (χ2v) is 6.27. The minimum absolute atomic E-state index is 0.219. The fourth-order valence-corrected chi connectivity index (χ4v) is 3.40. The van der Waals surface area contributed by atoms with Crippen molar-refractivity contribution >= 4 is 10.9 Å². The van der Waals surface area contributed by atoms with Gasteiger partial charge >= 0.3 is 0 Å². The normalized spacial score (nSPS) is 10.8. The average Bonchev–Trinajstić information content (AvgIpc) is 2.74. The Hall–Kier alpha value is -3.60. The molecule has 0 amide bonds. The lowest BCUT2D eigenvalue weighted by atomic mass is 9.99. The number of aromatic nitrogens is 1. The Morgan fingerprint density at radius 1 is 0.857 bits per heavy atom. The predicted octanol–water partition coefficient (Wildman–Crippen LogP) is 4.81. The summed E-state index contributed by atoms with van der Waals surface area (Å²) in [5, 5.41) is 0.798. The molecule has 4 rings (SSSR count). The van der Waals surface area contributed by atoms with Gasteiger partial charge in [-0.2, -0.15) is 0 Å². The van der Waals surface area contributed by atoms with E-state index in [1.165, 1.54) is 23.8 Å². The Bertz CT molecular complexity index is 1200. The third-order valence-electron chi connectivity index (χ3n) is 4.69. The Morgan fingerprint density at radius 3 is 2.21 bits per heavy atom. The fraction of sp³-hybridized carbons (Fsp3) is 0.0870. The lowest BCUT2D eigenvalue weighted by molar-refractivity contribution is 0.408. The van der Waals surface area contributed by atoms with E-state index in [0.29, 0.717) is 22.5 Å². The van der Waals surface area contributed by atoms with Gasteiger partial charge in [-0.05, 0) is 48.0 Å². The summed E-state index contributed by atoms with van der Waals surface area (Å²) in [6.07, 6.45) is 0. The van der Waals surface area contributed by atoms with Gasteiger partial charge in [0.1, 0.15) is 11.6 Å². The topological polar surface area (TPSA) is 40.5 Å². The van der Waals surface area contributed by atoms with Gasteiger partial charge in [-0.25, -0.2) is 4.39 Å². The van der Waals surface area contributed by atoms with Crippen molar-refractivity contribution in [1.82, 2.24) is 4.57 Å². The lowest BCUT2D eigenvalue weighted by Crippen LogP contribution is -2.21. The van der Waals surface area contributed by atoms with Crippen LogP contribution in [0, 0.1) is 5.82 Å². The molecule has 0 bridgehead atoms. The molecular weight excluding hydrogens is 357 g/mol. The Morgan fingerprint density at radius 2 is 1.57 bits per heavy atom. The van der Waals surface area contributed by atoms with Crippen molar-refractivity contribution in [3.8, 4) is 28.3 Å². The highest BCUT2D eigenvalue weighted by Crippen LogP contribution is 2.37. The number of halogens is 1. The standard InChI is InChI=1S/C23H18FNO3/c1-27-18-12-13-20-19(14-18)21(15-6-4-3-5-7-15)22(28-2)23(26)25(20)17-10-8-16(24)9-11-17/h3-14H,1-2H3. The summed E-state index contributed by atoms with van der Waals surface area (Å²) in [6.45, 7) is 0. The van der Waals surface area contributed by atoms with E-state index in [1.54, 1.807) is 25.3 Å². The molecular formula is C23H18FNO3. The maximum atomic E-state index is 13.4. The first kappa shape index (κ1) is 17.8. The molecule has 0 atom stereocenters. The molecule has 0 aliphatic rings. The van der Waals surface area contributed by atoms with E-state index in [2.05, 4.69) is 0 Å². The first-order valence-corrected chi connectivity index (χ1v) is 8.76. The first-order chi connectivity index (χ1) is 13.6. The van der Waals surface area contributed by atoms with Crippen LogP contribution in [0.1, 0.15) is 0 Å². The zero-order valence-corrected chi connectivity index (χ0v) is 15.5. The summed E-state index contributed by atoms with van der Waals surface area (Å²) in [5.41, 5.74) is 2.48. The summed E-state index contributed by atoms with van der Waals surface area (Å²) in [5.74, 6) is 0.517. The number of ether oxygens (including phenoxy) is 2. The third kappa shape index (κ3) is 2.91. The number of benzene rings is 3. The zero-order chi connectivity index (χ0) is 19.7. The molecule has 1 heterocycles. The molecule has 0 aliphatic carbocycles. The lowest BCUT2D eigenvalue weighted by Gasteiger charge is -2.18. The van der Waals surface area contributed by atoms with Gasteiger partial charge in [-0.15, -0.1) is 0 Å². The Labute approximate surface area is 161 Å². The molecule has 1 aromatic heterocycles. The second kappa shape index (κ2) is 7.19. The summed E-state index contributed by atoms with van der Waals surface area (Å²) in [4.78, 5) is 13.4. The molecule has 0 aliphatic heterocycles. The molecule has 140 valence electrons. The van der Waals surface area contributed by atoms with E-state index in [1.807, 2.05) is 42.5 Å². The van der Waals surface area contributed by atoms with Gasteiger partial charge in [0.25, 0.3) is 5.56 Å². The Balaban J connectivity index is 2.17. The van der Waals surface area contributed by atoms with Crippen LogP contribution in [0.4, 0.5) is 4.39 Å². The summed E-state index contributed by atoms with van der Waals surface area (Å²) < 4.78 is 25.9. The van der Waals surface area contributed by atoms with Crippen LogP contribution in [0.3, 0.4) is 0 Å². The maximum Gasteiger partial charge on any atom is 0.298 e. The molecule has 0 saturated carbocycles. The van der Waals surface area contributed by atoms with Crippen LogP contribution in [-0.4, -0.2) is 18.8 Å². The van der Waals surface area contributed by atoms with Crippen LogP contribution in [-0.2, 0) is 0 Å². The van der Waals surface area contributed by atoms with Crippen LogP contribution in [0.25, 0.3) is 27.7 Å². The molecule has 0 unspecified atom stereocenters. The highest BCUT2D eigenvalue weighted by atomic mass is 19.1. The number of hydrogen-bond donors (Lipinski definition) is 0.